The van der Waals surface area contributed by atoms with Crippen LogP contribution in [0.4, 0.5) is 11.4 Å². The Hall–Kier alpha value is -2.55. The molecule has 0 radical (unpaired) electrons. The van der Waals surface area contributed by atoms with Crippen LogP contribution in [0.5, 0.6) is 0 Å². The molecule has 0 spiro atoms. The van der Waals surface area contributed by atoms with E-state index in [-0.39, 0.29) is 11.3 Å². The number of hydrogen-bond donors (Lipinski definition) is 3. The molecular formula is C19H13BrClN3O3S. The minimum atomic E-state index is -1.12. The fraction of sp³-hybridized carbons (Fsp3) is 0. The van der Waals surface area contributed by atoms with Crippen LogP contribution in [0.3, 0.4) is 0 Å². The predicted molar refractivity (Wildman–Crippen MR) is 114 cm³/mol. The number of nitrogens with zero attached hydrogens (tertiary/aromatic N) is 1. The molecule has 0 unspecified atom stereocenters. The number of carboxylic acids is 1. The van der Waals surface area contributed by atoms with E-state index in [2.05, 4.69) is 31.0 Å². The summed E-state index contributed by atoms with van der Waals surface area (Å²) in [5.74, 6) is -1.53. The van der Waals surface area contributed by atoms with Crippen LogP contribution in [0.1, 0.15) is 20.7 Å². The van der Waals surface area contributed by atoms with Crippen LogP contribution in [0.25, 0.3) is 0 Å². The van der Waals surface area contributed by atoms with Crippen molar-refractivity contribution in [2.45, 2.75) is 4.90 Å². The van der Waals surface area contributed by atoms with Gasteiger partial charge in [-0.2, -0.15) is 0 Å². The molecule has 1 amide bonds. The average molecular weight is 479 g/mol. The maximum Gasteiger partial charge on any atom is 0.337 e. The highest BCUT2D eigenvalue weighted by atomic mass is 79.9. The quantitative estimate of drug-likeness (QED) is 0.317. The van der Waals surface area contributed by atoms with Crippen molar-refractivity contribution in [1.29, 1.82) is 0 Å². The Morgan fingerprint density at radius 2 is 1.93 bits per heavy atom. The lowest BCUT2D eigenvalue weighted by atomic mass is 10.1. The van der Waals surface area contributed by atoms with E-state index in [0.717, 1.165) is 10.6 Å². The van der Waals surface area contributed by atoms with Gasteiger partial charge in [0.2, 0.25) is 0 Å². The largest absolute Gasteiger partial charge is 0.478 e. The zero-order valence-corrected chi connectivity index (χ0v) is 17.3. The second kappa shape index (κ2) is 9.09. The molecule has 142 valence electrons. The van der Waals surface area contributed by atoms with Crippen molar-refractivity contribution in [3.8, 4) is 0 Å². The molecule has 0 atom stereocenters. The highest BCUT2D eigenvalue weighted by Crippen LogP contribution is 2.24. The number of aromatic carboxylic acids is 1. The molecule has 1 aromatic heterocycles. The van der Waals surface area contributed by atoms with Crippen LogP contribution in [-0.2, 0) is 0 Å². The summed E-state index contributed by atoms with van der Waals surface area (Å²) < 4.78 is 3.73. The first-order chi connectivity index (χ1) is 13.4. The number of hydrogen-bond acceptors (Lipinski definition) is 5. The fourth-order valence-corrected chi connectivity index (χ4v) is 3.41. The van der Waals surface area contributed by atoms with Gasteiger partial charge in [0, 0.05) is 14.9 Å². The zero-order chi connectivity index (χ0) is 20.1. The zero-order valence-electron chi connectivity index (χ0n) is 14.1. The van der Waals surface area contributed by atoms with E-state index < -0.39 is 11.9 Å². The predicted octanol–water partition coefficient (Wildman–Crippen LogP) is 5.57. The molecule has 0 fully saturated rings. The number of benzene rings is 2. The van der Waals surface area contributed by atoms with Crippen LogP contribution in [0, 0.1) is 0 Å². The fourth-order valence-electron chi connectivity index (χ4n) is 2.25. The maximum atomic E-state index is 12.6. The summed E-state index contributed by atoms with van der Waals surface area (Å²) in [7, 11) is 0. The van der Waals surface area contributed by atoms with E-state index in [1.54, 1.807) is 48.7 Å². The average Bonchev–Trinajstić information content (AvgIpc) is 2.69. The number of pyridine rings is 1. The topological polar surface area (TPSA) is 91.3 Å². The van der Waals surface area contributed by atoms with E-state index in [1.807, 2.05) is 6.07 Å². The van der Waals surface area contributed by atoms with Gasteiger partial charge in [-0.3, -0.25) is 4.79 Å². The van der Waals surface area contributed by atoms with Crippen LogP contribution in [0.2, 0.25) is 5.15 Å². The van der Waals surface area contributed by atoms with Gasteiger partial charge in [-0.15, -0.1) is 0 Å². The van der Waals surface area contributed by atoms with Gasteiger partial charge in [-0.05, 0) is 60.5 Å². The summed E-state index contributed by atoms with van der Waals surface area (Å²) in [6.07, 6.45) is 1.60. The second-order valence-corrected chi connectivity index (χ2v) is 7.73. The van der Waals surface area contributed by atoms with Gasteiger partial charge in [-0.25, -0.2) is 9.78 Å². The summed E-state index contributed by atoms with van der Waals surface area (Å²) in [4.78, 5) is 28.7. The lowest BCUT2D eigenvalue weighted by Crippen LogP contribution is -2.15. The number of halogens is 2. The first-order valence-corrected chi connectivity index (χ1v) is 9.90. The third kappa shape index (κ3) is 5.25. The molecule has 2 aromatic carbocycles. The van der Waals surface area contributed by atoms with Gasteiger partial charge in [0.25, 0.3) is 5.91 Å². The van der Waals surface area contributed by atoms with Crippen LogP contribution in [-0.4, -0.2) is 22.0 Å². The molecule has 1 heterocycles. The molecule has 0 saturated heterocycles. The molecule has 0 aliphatic carbocycles. The van der Waals surface area contributed by atoms with Crippen LogP contribution >= 0.6 is 39.5 Å². The number of anilines is 2. The first kappa shape index (κ1) is 20.2. The Kier molecular flexibility index (Phi) is 6.56. The highest BCUT2D eigenvalue weighted by molar-refractivity contribution is 9.10. The Labute approximate surface area is 178 Å². The SMILES string of the molecule is O=C(Nc1ccc(Br)cc1C(=O)O)c1cccc(SNc2ccc(Cl)nc2)c1. The molecule has 6 nitrogen and oxygen atoms in total. The summed E-state index contributed by atoms with van der Waals surface area (Å²) in [6, 6.07) is 15.1. The van der Waals surface area contributed by atoms with Crippen molar-refractivity contribution < 1.29 is 14.7 Å². The van der Waals surface area contributed by atoms with E-state index in [0.29, 0.717) is 15.2 Å². The molecule has 0 aliphatic rings. The Morgan fingerprint density at radius 3 is 2.64 bits per heavy atom. The molecule has 0 bridgehead atoms. The minimum absolute atomic E-state index is 0.00478. The van der Waals surface area contributed by atoms with Crippen molar-refractivity contribution in [3.63, 3.8) is 0 Å². The Morgan fingerprint density at radius 1 is 1.11 bits per heavy atom. The monoisotopic (exact) mass is 477 g/mol. The normalized spacial score (nSPS) is 10.4. The van der Waals surface area contributed by atoms with E-state index in [1.165, 1.54) is 18.0 Å². The third-order valence-electron chi connectivity index (χ3n) is 3.57. The molecule has 0 aliphatic heterocycles. The summed E-state index contributed by atoms with van der Waals surface area (Å²) >= 11 is 10.3. The maximum absolute atomic E-state index is 12.6. The second-order valence-electron chi connectivity index (χ2n) is 5.55. The molecule has 9 heteroatoms. The molecule has 28 heavy (non-hydrogen) atoms. The van der Waals surface area contributed by atoms with E-state index >= 15 is 0 Å². The lowest BCUT2D eigenvalue weighted by Gasteiger charge is -2.10. The standard InChI is InChI=1S/C19H13BrClN3O3S/c20-12-4-6-16(15(9-12)19(26)27)23-18(25)11-2-1-3-14(8-11)28-24-13-5-7-17(21)22-10-13/h1-10,24H,(H,23,25)(H,26,27). The molecular weight excluding hydrogens is 466 g/mol. The number of carbonyl (C=O) groups excluding carboxylic acids is 1. The van der Waals surface area contributed by atoms with Crippen molar-refractivity contribution >= 4 is 62.7 Å². The van der Waals surface area contributed by atoms with Crippen molar-refractivity contribution in [1.82, 2.24) is 4.98 Å². The number of aromatic nitrogens is 1. The number of nitrogens with one attached hydrogen (secondary N) is 2. The molecule has 3 aromatic rings. The number of carbonyl (C=O) groups is 2. The Balaban J connectivity index is 1.72. The van der Waals surface area contributed by atoms with Crippen molar-refractivity contribution in [2.24, 2.45) is 0 Å². The van der Waals surface area contributed by atoms with Gasteiger partial charge in [0.15, 0.2) is 0 Å². The minimum Gasteiger partial charge on any atom is -0.478 e. The summed E-state index contributed by atoms with van der Waals surface area (Å²) in [6.45, 7) is 0. The van der Waals surface area contributed by atoms with Gasteiger partial charge in [-0.1, -0.05) is 33.6 Å². The van der Waals surface area contributed by atoms with E-state index in [9.17, 15) is 14.7 Å². The summed E-state index contributed by atoms with van der Waals surface area (Å²) in [5, 5.41) is 12.4. The third-order valence-corrected chi connectivity index (χ3v) is 5.11. The molecule has 3 N–H and O–H groups in total. The number of carboxylic acid groups (broad SMARTS) is 1. The van der Waals surface area contributed by atoms with Gasteiger partial charge < -0.3 is 15.1 Å². The number of amides is 1. The summed E-state index contributed by atoms with van der Waals surface area (Å²) in [5.41, 5.74) is 1.40. The van der Waals surface area contributed by atoms with Gasteiger partial charge in [0.05, 0.1) is 23.1 Å². The van der Waals surface area contributed by atoms with Crippen LogP contribution in [0.15, 0.2) is 70.2 Å². The van der Waals surface area contributed by atoms with Gasteiger partial charge >= 0.3 is 5.97 Å². The molecule has 3 rings (SSSR count). The highest BCUT2D eigenvalue weighted by Gasteiger charge is 2.14. The van der Waals surface area contributed by atoms with Crippen molar-refractivity contribution in [2.75, 3.05) is 10.0 Å². The number of rotatable bonds is 6. The van der Waals surface area contributed by atoms with Gasteiger partial charge in [0.1, 0.15) is 5.15 Å². The molecule has 0 saturated carbocycles. The van der Waals surface area contributed by atoms with Crippen LogP contribution < -0.4 is 10.0 Å². The van der Waals surface area contributed by atoms with Crippen molar-refractivity contribution in [3.05, 3.63) is 81.5 Å². The lowest BCUT2D eigenvalue weighted by molar-refractivity contribution is 0.0698. The Bertz CT molecular complexity index is 1030. The first-order valence-electron chi connectivity index (χ1n) is 7.91. The smallest absolute Gasteiger partial charge is 0.337 e. The van der Waals surface area contributed by atoms with E-state index in [4.69, 9.17) is 11.6 Å².